The third kappa shape index (κ3) is 8.05. The largest absolute Gasteiger partial charge is 0.481 e. The summed E-state index contributed by atoms with van der Waals surface area (Å²) in [5.41, 5.74) is 1.31. The lowest BCUT2D eigenvalue weighted by Crippen LogP contribution is -2.49. The molecule has 0 aromatic rings. The minimum Gasteiger partial charge on any atom is -0.481 e. The van der Waals surface area contributed by atoms with E-state index in [4.69, 9.17) is 15.6 Å². The number of hydroxylamine groups is 1. The molecule has 0 aliphatic heterocycles. The molecule has 0 saturated heterocycles. The smallest absolute Gasteiger partial charge is 0.344 e. The topological polar surface area (TPSA) is 191 Å². The van der Waals surface area contributed by atoms with Gasteiger partial charge in [0.2, 0.25) is 17.7 Å². The molecule has 3 amide bonds. The zero-order valence-electron chi connectivity index (χ0n) is 12.8. The van der Waals surface area contributed by atoms with E-state index in [1.807, 2.05) is 0 Å². The molecule has 0 saturated carbocycles. The quantitative estimate of drug-likeness (QED) is 0.147. The first-order valence-corrected chi connectivity index (χ1v) is 6.76. The van der Waals surface area contributed by atoms with Crippen molar-refractivity contribution in [3.05, 3.63) is 0 Å². The van der Waals surface area contributed by atoms with E-state index < -0.39 is 60.9 Å². The Labute approximate surface area is 136 Å². The molecule has 6 N–H and O–H groups in total. The van der Waals surface area contributed by atoms with Crippen LogP contribution in [-0.4, -0.2) is 58.3 Å². The number of nitrogens with one attached hydrogen (secondary N) is 3. The first kappa shape index (κ1) is 21.3. The molecule has 0 unspecified atom stereocenters. The number of hydrogen-bond donors (Lipinski definition) is 6. The molecule has 2 atom stereocenters. The predicted molar refractivity (Wildman–Crippen MR) is 74.2 cm³/mol. The highest BCUT2D eigenvalue weighted by atomic mass is 17.1. The highest BCUT2D eigenvalue weighted by Crippen LogP contribution is 2.13. The van der Waals surface area contributed by atoms with Gasteiger partial charge in [-0.15, -0.1) is 0 Å². The molecule has 0 aliphatic rings. The maximum Gasteiger partial charge on any atom is 0.344 e. The van der Waals surface area contributed by atoms with Gasteiger partial charge in [0.05, 0.1) is 6.42 Å². The second-order valence-corrected chi connectivity index (χ2v) is 4.71. The van der Waals surface area contributed by atoms with Gasteiger partial charge in [-0.3, -0.25) is 24.4 Å². The Hall–Kier alpha value is -2.73. The van der Waals surface area contributed by atoms with Crippen molar-refractivity contribution in [2.75, 3.05) is 7.05 Å². The SMILES string of the molecule is CNC(=O)[C@H](CC(=O)OO)NC(=O)[C@H](CCC(=O)O)CC(=O)NO. The van der Waals surface area contributed by atoms with Crippen molar-refractivity contribution >= 4 is 29.7 Å². The van der Waals surface area contributed by atoms with Gasteiger partial charge in [-0.25, -0.2) is 10.3 Å². The fraction of sp³-hybridized carbons (Fsp3) is 0.583. The maximum atomic E-state index is 12.1. The van der Waals surface area contributed by atoms with E-state index in [9.17, 15) is 24.0 Å². The summed E-state index contributed by atoms with van der Waals surface area (Å²) in [4.78, 5) is 60.1. The standard InChI is InChI=1S/C12H19N3O9/c1-13-12(21)7(5-10(19)24-23)14-11(20)6(2-3-9(17)18)4-8(16)15-22/h6-7,22-23H,2-5H2,1H3,(H,13,21)(H,14,20)(H,15,16)(H,17,18)/t6-,7+/m1/s1. The van der Waals surface area contributed by atoms with Gasteiger partial charge in [-0.2, -0.15) is 5.26 Å². The predicted octanol–water partition coefficient (Wildman–Crippen LogP) is -2.00. The molecule has 0 aromatic heterocycles. The molecule has 136 valence electrons. The number of likely N-dealkylation sites (N-methyl/N-ethyl adjacent to an activating group) is 1. The lowest BCUT2D eigenvalue weighted by Gasteiger charge is -2.20. The number of carboxylic acids is 1. The van der Waals surface area contributed by atoms with Crippen LogP contribution in [0.5, 0.6) is 0 Å². The van der Waals surface area contributed by atoms with Crippen LogP contribution in [-0.2, 0) is 28.9 Å². The van der Waals surface area contributed by atoms with Crippen molar-refractivity contribution in [1.29, 1.82) is 0 Å². The lowest BCUT2D eigenvalue weighted by atomic mass is 9.97. The second kappa shape index (κ2) is 10.9. The first-order chi connectivity index (χ1) is 11.2. The van der Waals surface area contributed by atoms with Crippen molar-refractivity contribution in [2.24, 2.45) is 5.92 Å². The molecule has 0 aliphatic carbocycles. The minimum atomic E-state index is -1.40. The Morgan fingerprint density at radius 2 is 1.71 bits per heavy atom. The van der Waals surface area contributed by atoms with Gasteiger partial charge in [0.15, 0.2) is 0 Å². The van der Waals surface area contributed by atoms with E-state index in [0.717, 1.165) is 0 Å². The van der Waals surface area contributed by atoms with Crippen LogP contribution >= 0.6 is 0 Å². The number of amides is 3. The van der Waals surface area contributed by atoms with Crippen LogP contribution in [0.3, 0.4) is 0 Å². The van der Waals surface area contributed by atoms with E-state index >= 15 is 0 Å². The molecule has 24 heavy (non-hydrogen) atoms. The summed E-state index contributed by atoms with van der Waals surface area (Å²) >= 11 is 0. The van der Waals surface area contributed by atoms with Crippen LogP contribution in [0.1, 0.15) is 25.7 Å². The highest BCUT2D eigenvalue weighted by molar-refractivity contribution is 5.92. The molecule has 0 heterocycles. The average Bonchev–Trinajstić information content (AvgIpc) is 2.56. The zero-order valence-corrected chi connectivity index (χ0v) is 12.8. The van der Waals surface area contributed by atoms with Crippen molar-refractivity contribution in [3.63, 3.8) is 0 Å². The lowest BCUT2D eigenvalue weighted by molar-refractivity contribution is -0.234. The zero-order chi connectivity index (χ0) is 18.7. The first-order valence-electron chi connectivity index (χ1n) is 6.76. The Kier molecular flexibility index (Phi) is 9.67. The molecule has 12 heteroatoms. The van der Waals surface area contributed by atoms with Gasteiger partial charge in [0.1, 0.15) is 6.04 Å². The van der Waals surface area contributed by atoms with Crippen LogP contribution in [0.2, 0.25) is 0 Å². The van der Waals surface area contributed by atoms with Crippen molar-refractivity contribution in [3.8, 4) is 0 Å². The Morgan fingerprint density at radius 3 is 2.17 bits per heavy atom. The second-order valence-electron chi connectivity index (χ2n) is 4.71. The Balaban J connectivity index is 5.05. The summed E-state index contributed by atoms with van der Waals surface area (Å²) in [6.07, 6.45) is -1.88. The number of aliphatic carboxylic acids is 1. The molecular formula is C12H19N3O9. The van der Waals surface area contributed by atoms with Gasteiger partial charge >= 0.3 is 11.9 Å². The monoisotopic (exact) mass is 349 g/mol. The highest BCUT2D eigenvalue weighted by Gasteiger charge is 2.29. The summed E-state index contributed by atoms with van der Waals surface area (Å²) in [5.74, 6) is -6.11. The van der Waals surface area contributed by atoms with Gasteiger partial charge in [-0.1, -0.05) is 0 Å². The molecule has 0 radical (unpaired) electrons. The van der Waals surface area contributed by atoms with Gasteiger partial charge < -0.3 is 20.6 Å². The third-order valence-corrected chi connectivity index (χ3v) is 2.99. The number of rotatable bonds is 10. The van der Waals surface area contributed by atoms with Gasteiger partial charge in [0, 0.05) is 25.8 Å². The fourth-order valence-electron chi connectivity index (χ4n) is 1.77. The number of hydrogen-bond acceptors (Lipinski definition) is 8. The molecule has 0 spiro atoms. The normalized spacial score (nSPS) is 12.5. The number of carbonyl (C=O) groups excluding carboxylic acids is 4. The summed E-state index contributed by atoms with van der Waals surface area (Å²) < 4.78 is 0. The van der Waals surface area contributed by atoms with Crippen LogP contribution < -0.4 is 16.1 Å². The van der Waals surface area contributed by atoms with Crippen molar-refractivity contribution in [2.45, 2.75) is 31.7 Å². The van der Waals surface area contributed by atoms with E-state index in [2.05, 4.69) is 15.5 Å². The van der Waals surface area contributed by atoms with Crippen LogP contribution in [0.15, 0.2) is 0 Å². The molecular weight excluding hydrogens is 330 g/mol. The summed E-state index contributed by atoms with van der Waals surface area (Å²) in [7, 11) is 1.24. The average molecular weight is 349 g/mol. The maximum absolute atomic E-state index is 12.1. The van der Waals surface area contributed by atoms with Gasteiger partial charge in [-0.05, 0) is 6.42 Å². The molecule has 0 aromatic carbocycles. The molecule has 12 nitrogen and oxygen atoms in total. The molecule has 0 bridgehead atoms. The molecule has 0 rings (SSSR count). The Bertz CT molecular complexity index is 494. The van der Waals surface area contributed by atoms with Crippen molar-refractivity contribution < 1.29 is 44.4 Å². The number of carbonyl (C=O) groups is 5. The van der Waals surface area contributed by atoms with E-state index in [1.165, 1.54) is 12.5 Å². The van der Waals surface area contributed by atoms with E-state index in [-0.39, 0.29) is 6.42 Å². The summed E-state index contributed by atoms with van der Waals surface area (Å²) in [6, 6.07) is -1.40. The minimum absolute atomic E-state index is 0.237. The van der Waals surface area contributed by atoms with Crippen LogP contribution in [0.25, 0.3) is 0 Å². The van der Waals surface area contributed by atoms with Crippen LogP contribution in [0.4, 0.5) is 0 Å². The molecule has 0 fully saturated rings. The fourth-order valence-corrected chi connectivity index (χ4v) is 1.77. The Morgan fingerprint density at radius 1 is 1.08 bits per heavy atom. The summed E-state index contributed by atoms with van der Waals surface area (Å²) in [5, 5.41) is 29.8. The summed E-state index contributed by atoms with van der Waals surface area (Å²) in [6.45, 7) is 0. The third-order valence-electron chi connectivity index (χ3n) is 2.99. The van der Waals surface area contributed by atoms with Gasteiger partial charge in [0.25, 0.3) is 0 Å². The van der Waals surface area contributed by atoms with Crippen molar-refractivity contribution in [1.82, 2.24) is 16.1 Å². The van der Waals surface area contributed by atoms with E-state index in [0.29, 0.717) is 0 Å². The van der Waals surface area contributed by atoms with E-state index in [1.54, 1.807) is 0 Å². The van der Waals surface area contributed by atoms with Crippen LogP contribution in [0, 0.1) is 5.92 Å². The number of carboxylic acid groups (broad SMARTS) is 1.